The van der Waals surface area contributed by atoms with E-state index in [4.69, 9.17) is 0 Å². The molecule has 1 aromatic heterocycles. The van der Waals surface area contributed by atoms with Crippen LogP contribution in [0.1, 0.15) is 61.1 Å². The van der Waals surface area contributed by atoms with Gasteiger partial charge >= 0.3 is 0 Å². The summed E-state index contributed by atoms with van der Waals surface area (Å²) in [5, 5.41) is 3.08. The van der Waals surface area contributed by atoms with Crippen molar-refractivity contribution in [3.63, 3.8) is 0 Å². The third-order valence-corrected chi connectivity index (χ3v) is 6.43. The number of carbonyl (C=O) groups excluding carboxylic acids is 2. The summed E-state index contributed by atoms with van der Waals surface area (Å²) >= 11 is 0. The number of hydrogen-bond donors (Lipinski definition) is 1. The standard InChI is InChI=1S/C22H32N4O2/c1-16-5-4-6-20(24-16)22(28)23-14-19-10-9-18(26(19)15-17-7-8-17)13-21(27)25-11-2-3-12-25/h4-6,17-19H,2-3,7-15H2,1H3,(H,23,28)/t18-,19+/m1/s1. The van der Waals surface area contributed by atoms with E-state index in [0.29, 0.717) is 36.7 Å². The second kappa shape index (κ2) is 8.60. The van der Waals surface area contributed by atoms with E-state index in [-0.39, 0.29) is 5.91 Å². The first-order chi connectivity index (χ1) is 13.6. The summed E-state index contributed by atoms with van der Waals surface area (Å²) in [5.41, 5.74) is 1.33. The minimum atomic E-state index is -0.105. The molecule has 2 atom stereocenters. The molecule has 6 heteroatoms. The number of pyridine rings is 1. The van der Waals surface area contributed by atoms with Crippen LogP contribution in [0.3, 0.4) is 0 Å². The van der Waals surface area contributed by atoms with E-state index < -0.39 is 0 Å². The van der Waals surface area contributed by atoms with Crippen molar-refractivity contribution < 1.29 is 9.59 Å². The summed E-state index contributed by atoms with van der Waals surface area (Å²) < 4.78 is 0. The van der Waals surface area contributed by atoms with Gasteiger partial charge in [-0.15, -0.1) is 0 Å². The number of aromatic nitrogens is 1. The zero-order chi connectivity index (χ0) is 19.5. The Bertz CT molecular complexity index is 712. The first-order valence-corrected chi connectivity index (χ1v) is 10.9. The lowest BCUT2D eigenvalue weighted by Crippen LogP contribution is -2.45. The summed E-state index contributed by atoms with van der Waals surface area (Å²) in [6, 6.07) is 6.17. The Morgan fingerprint density at radius 1 is 1.11 bits per heavy atom. The summed E-state index contributed by atoms with van der Waals surface area (Å²) in [6.07, 6.45) is 7.62. The molecule has 2 amide bonds. The molecule has 1 aliphatic carbocycles. The van der Waals surface area contributed by atoms with Gasteiger partial charge < -0.3 is 10.2 Å². The lowest BCUT2D eigenvalue weighted by Gasteiger charge is -2.31. The second-order valence-corrected chi connectivity index (χ2v) is 8.69. The Labute approximate surface area is 167 Å². The minimum absolute atomic E-state index is 0.105. The van der Waals surface area contributed by atoms with Crippen molar-refractivity contribution in [2.45, 2.75) is 64.0 Å². The zero-order valence-corrected chi connectivity index (χ0v) is 16.9. The molecule has 0 spiro atoms. The van der Waals surface area contributed by atoms with E-state index >= 15 is 0 Å². The lowest BCUT2D eigenvalue weighted by molar-refractivity contribution is -0.131. The van der Waals surface area contributed by atoms with E-state index in [1.807, 2.05) is 24.0 Å². The highest BCUT2D eigenvalue weighted by molar-refractivity contribution is 5.92. The maximum atomic E-state index is 12.7. The number of nitrogens with one attached hydrogen (secondary N) is 1. The molecule has 4 rings (SSSR count). The largest absolute Gasteiger partial charge is 0.349 e. The Kier molecular flexibility index (Phi) is 5.95. The predicted molar refractivity (Wildman–Crippen MR) is 108 cm³/mol. The van der Waals surface area contributed by atoms with E-state index in [1.54, 1.807) is 6.07 Å². The maximum absolute atomic E-state index is 12.7. The molecule has 0 aromatic carbocycles. The van der Waals surface area contributed by atoms with Gasteiger partial charge in [0.05, 0.1) is 0 Å². The number of rotatable bonds is 7. The van der Waals surface area contributed by atoms with Gasteiger partial charge in [-0.25, -0.2) is 4.98 Å². The molecular formula is C22H32N4O2. The summed E-state index contributed by atoms with van der Waals surface area (Å²) in [6.45, 7) is 5.46. The molecule has 6 nitrogen and oxygen atoms in total. The number of amides is 2. The van der Waals surface area contributed by atoms with Crippen LogP contribution in [-0.4, -0.2) is 64.9 Å². The van der Waals surface area contributed by atoms with Gasteiger partial charge in [-0.3, -0.25) is 14.5 Å². The summed E-state index contributed by atoms with van der Waals surface area (Å²) in [7, 11) is 0. The molecule has 1 aromatic rings. The molecule has 28 heavy (non-hydrogen) atoms. The number of hydrogen-bond acceptors (Lipinski definition) is 4. The average Bonchev–Trinajstić information content (AvgIpc) is 3.18. The van der Waals surface area contributed by atoms with Crippen LogP contribution in [0.25, 0.3) is 0 Å². The van der Waals surface area contributed by atoms with E-state index in [2.05, 4.69) is 15.2 Å². The molecule has 3 aliphatic rings. The van der Waals surface area contributed by atoms with Crippen LogP contribution in [0.15, 0.2) is 18.2 Å². The van der Waals surface area contributed by atoms with Crippen molar-refractivity contribution in [3.05, 3.63) is 29.6 Å². The monoisotopic (exact) mass is 384 g/mol. The van der Waals surface area contributed by atoms with Gasteiger partial charge in [0.15, 0.2) is 0 Å². The molecule has 0 unspecified atom stereocenters. The Hall–Kier alpha value is -1.95. The Balaban J connectivity index is 1.34. The minimum Gasteiger partial charge on any atom is -0.349 e. The maximum Gasteiger partial charge on any atom is 0.269 e. The van der Waals surface area contributed by atoms with Crippen LogP contribution in [0, 0.1) is 12.8 Å². The smallest absolute Gasteiger partial charge is 0.269 e. The normalized spacial score (nSPS) is 25.2. The van der Waals surface area contributed by atoms with Crippen LogP contribution in [0.4, 0.5) is 0 Å². The molecule has 0 radical (unpaired) electrons. The molecule has 0 bridgehead atoms. The zero-order valence-electron chi connectivity index (χ0n) is 16.9. The molecule has 2 saturated heterocycles. The van der Waals surface area contributed by atoms with Gasteiger partial charge in [0.2, 0.25) is 5.91 Å². The van der Waals surface area contributed by atoms with Gasteiger partial charge in [-0.1, -0.05) is 6.07 Å². The summed E-state index contributed by atoms with van der Waals surface area (Å²) in [4.78, 5) is 34.0. The Morgan fingerprint density at radius 3 is 2.57 bits per heavy atom. The fourth-order valence-corrected chi connectivity index (χ4v) is 4.62. The number of carbonyl (C=O) groups is 2. The predicted octanol–water partition coefficient (Wildman–Crippen LogP) is 2.38. The average molecular weight is 385 g/mol. The number of likely N-dealkylation sites (tertiary alicyclic amines) is 2. The lowest BCUT2D eigenvalue weighted by atomic mass is 10.1. The molecule has 1 N–H and O–H groups in total. The highest BCUT2D eigenvalue weighted by atomic mass is 16.2. The second-order valence-electron chi connectivity index (χ2n) is 8.69. The third-order valence-electron chi connectivity index (χ3n) is 6.43. The molecule has 3 fully saturated rings. The fourth-order valence-electron chi connectivity index (χ4n) is 4.62. The molecule has 152 valence electrons. The van der Waals surface area contributed by atoms with Crippen LogP contribution < -0.4 is 5.32 Å². The highest BCUT2D eigenvalue weighted by Crippen LogP contribution is 2.35. The van der Waals surface area contributed by atoms with Gasteiger partial charge in [0.1, 0.15) is 5.69 Å². The van der Waals surface area contributed by atoms with Gasteiger partial charge in [0.25, 0.3) is 5.91 Å². The van der Waals surface area contributed by atoms with E-state index in [0.717, 1.165) is 56.9 Å². The first-order valence-electron chi connectivity index (χ1n) is 10.9. The van der Waals surface area contributed by atoms with Crippen molar-refractivity contribution in [3.8, 4) is 0 Å². The fraction of sp³-hybridized carbons (Fsp3) is 0.682. The van der Waals surface area contributed by atoms with Crippen LogP contribution in [0.5, 0.6) is 0 Å². The molecule has 2 aliphatic heterocycles. The van der Waals surface area contributed by atoms with Gasteiger partial charge in [0, 0.05) is 50.4 Å². The van der Waals surface area contributed by atoms with Crippen molar-refractivity contribution in [1.29, 1.82) is 0 Å². The van der Waals surface area contributed by atoms with Crippen molar-refractivity contribution in [2.24, 2.45) is 5.92 Å². The quantitative estimate of drug-likeness (QED) is 0.784. The van der Waals surface area contributed by atoms with Crippen LogP contribution >= 0.6 is 0 Å². The number of aryl methyl sites for hydroxylation is 1. The van der Waals surface area contributed by atoms with Crippen LogP contribution in [-0.2, 0) is 4.79 Å². The highest BCUT2D eigenvalue weighted by Gasteiger charge is 2.38. The van der Waals surface area contributed by atoms with Crippen molar-refractivity contribution >= 4 is 11.8 Å². The van der Waals surface area contributed by atoms with Crippen LogP contribution in [0.2, 0.25) is 0 Å². The third kappa shape index (κ3) is 4.72. The molecular weight excluding hydrogens is 352 g/mol. The Morgan fingerprint density at radius 2 is 1.86 bits per heavy atom. The van der Waals surface area contributed by atoms with Crippen molar-refractivity contribution in [2.75, 3.05) is 26.2 Å². The molecule has 1 saturated carbocycles. The first kappa shape index (κ1) is 19.4. The van der Waals surface area contributed by atoms with E-state index in [9.17, 15) is 9.59 Å². The van der Waals surface area contributed by atoms with Gasteiger partial charge in [-0.2, -0.15) is 0 Å². The van der Waals surface area contributed by atoms with Gasteiger partial charge in [-0.05, 0) is 63.5 Å². The SMILES string of the molecule is Cc1cccc(C(=O)NC[C@@H]2CC[C@H](CC(=O)N3CCCC3)N2CC2CC2)n1. The topological polar surface area (TPSA) is 65.5 Å². The molecule has 3 heterocycles. The summed E-state index contributed by atoms with van der Waals surface area (Å²) in [5.74, 6) is 0.989. The van der Waals surface area contributed by atoms with E-state index in [1.165, 1.54) is 12.8 Å². The number of nitrogens with zero attached hydrogens (tertiary/aromatic N) is 3. The van der Waals surface area contributed by atoms with Crippen molar-refractivity contribution in [1.82, 2.24) is 20.1 Å².